The number of ether oxygens (including phenoxy) is 1. The van der Waals surface area contributed by atoms with Gasteiger partial charge in [0.1, 0.15) is 11.9 Å². The van der Waals surface area contributed by atoms with Gasteiger partial charge in [0.15, 0.2) is 0 Å². The van der Waals surface area contributed by atoms with Crippen LogP contribution in [0.25, 0.3) is 11.1 Å². The number of benzene rings is 3. The molecule has 0 N–H and O–H groups in total. The second kappa shape index (κ2) is 8.81. The summed E-state index contributed by atoms with van der Waals surface area (Å²) in [5.74, 6) is 0.377. The van der Waals surface area contributed by atoms with Crippen LogP contribution in [0.1, 0.15) is 30.1 Å². The van der Waals surface area contributed by atoms with Gasteiger partial charge in [0.2, 0.25) is 0 Å². The van der Waals surface area contributed by atoms with Crippen LogP contribution >= 0.6 is 0 Å². The molecule has 0 aliphatic heterocycles. The molecule has 7 heteroatoms. The molecule has 1 nitrogen and oxygen atoms in total. The second-order valence-electron chi connectivity index (χ2n) is 6.77. The van der Waals surface area contributed by atoms with Crippen molar-refractivity contribution in [3.63, 3.8) is 0 Å². The summed E-state index contributed by atoms with van der Waals surface area (Å²) in [7, 11) is 0. The van der Waals surface area contributed by atoms with Crippen molar-refractivity contribution in [2.75, 3.05) is 0 Å². The predicted octanol–water partition coefficient (Wildman–Crippen LogP) is 7.84. The Morgan fingerprint density at radius 2 is 1.20 bits per heavy atom. The average molecular weight is 424 g/mol. The summed E-state index contributed by atoms with van der Waals surface area (Å²) >= 11 is 0. The molecule has 3 rings (SSSR count). The molecule has 3 aromatic carbocycles. The van der Waals surface area contributed by atoms with Gasteiger partial charge in [0.25, 0.3) is 0 Å². The van der Waals surface area contributed by atoms with Crippen molar-refractivity contribution in [3.05, 3.63) is 90.0 Å². The van der Waals surface area contributed by atoms with Crippen LogP contribution in [0.4, 0.5) is 26.3 Å². The van der Waals surface area contributed by atoms with Crippen LogP contribution in [0.15, 0.2) is 78.9 Å². The molecule has 0 heterocycles. The molecule has 0 aliphatic carbocycles. The van der Waals surface area contributed by atoms with Gasteiger partial charge in [-0.3, -0.25) is 0 Å². The zero-order chi connectivity index (χ0) is 21.8. The second-order valence-corrected chi connectivity index (χ2v) is 6.77. The Kier molecular flexibility index (Phi) is 6.39. The zero-order valence-electron chi connectivity index (χ0n) is 15.7. The topological polar surface area (TPSA) is 9.23 Å². The zero-order valence-corrected chi connectivity index (χ0v) is 15.7. The van der Waals surface area contributed by atoms with E-state index in [0.29, 0.717) is 22.4 Å². The van der Waals surface area contributed by atoms with Crippen LogP contribution in [-0.4, -0.2) is 6.18 Å². The van der Waals surface area contributed by atoms with Crippen molar-refractivity contribution in [3.8, 4) is 16.9 Å². The smallest absolute Gasteiger partial charge is 0.416 e. The Morgan fingerprint density at radius 1 is 0.667 bits per heavy atom. The molecule has 0 aliphatic rings. The summed E-state index contributed by atoms with van der Waals surface area (Å²) in [5, 5.41) is 0. The number of hydrogen-bond donors (Lipinski definition) is 0. The Labute approximate surface area is 169 Å². The van der Waals surface area contributed by atoms with Crippen molar-refractivity contribution in [2.24, 2.45) is 0 Å². The Bertz CT molecular complexity index is 929. The molecule has 0 fully saturated rings. The van der Waals surface area contributed by atoms with Crippen molar-refractivity contribution < 1.29 is 31.1 Å². The summed E-state index contributed by atoms with van der Waals surface area (Å²) < 4.78 is 81.9. The fourth-order valence-corrected chi connectivity index (χ4v) is 3.00. The number of rotatable bonds is 6. The highest BCUT2D eigenvalue weighted by molar-refractivity contribution is 5.64. The lowest BCUT2D eigenvalue weighted by atomic mass is 10.0. The monoisotopic (exact) mass is 424 g/mol. The van der Waals surface area contributed by atoms with Crippen molar-refractivity contribution in [1.29, 1.82) is 0 Å². The van der Waals surface area contributed by atoms with Gasteiger partial charge in [-0.05, 0) is 47.4 Å². The maximum Gasteiger partial charge on any atom is 0.416 e. The lowest BCUT2D eigenvalue weighted by Gasteiger charge is -2.20. The highest BCUT2D eigenvalue weighted by Gasteiger charge is 2.30. The predicted molar refractivity (Wildman–Crippen MR) is 102 cm³/mol. The number of hydrogen-bond acceptors (Lipinski definition) is 1. The van der Waals surface area contributed by atoms with Crippen LogP contribution < -0.4 is 4.74 Å². The molecule has 0 amide bonds. The minimum absolute atomic E-state index is 0.228. The largest absolute Gasteiger partial charge is 0.486 e. The standard InChI is InChI=1S/C23H18F6O/c24-22(25,26)15-14-21(18-4-2-1-3-5-18)30-20-12-8-17(9-13-20)16-6-10-19(11-7-16)23(27,28)29/h1-13,21H,14-15H2. The SMILES string of the molecule is FC(F)(F)CCC(Oc1ccc(-c2ccc(C(F)(F)F)cc2)cc1)c1ccccc1. The third-order valence-corrected chi connectivity index (χ3v) is 4.54. The van der Waals surface area contributed by atoms with E-state index in [4.69, 9.17) is 4.74 Å². The fraction of sp³-hybridized carbons (Fsp3) is 0.217. The van der Waals surface area contributed by atoms with Crippen LogP contribution in [0.2, 0.25) is 0 Å². The van der Waals surface area contributed by atoms with Gasteiger partial charge in [-0.25, -0.2) is 0 Å². The highest BCUT2D eigenvalue weighted by Crippen LogP contribution is 2.33. The Morgan fingerprint density at radius 3 is 1.70 bits per heavy atom. The molecule has 0 radical (unpaired) electrons. The van der Waals surface area contributed by atoms with Gasteiger partial charge < -0.3 is 4.74 Å². The minimum atomic E-state index is -4.40. The van der Waals surface area contributed by atoms with E-state index in [9.17, 15) is 26.3 Å². The van der Waals surface area contributed by atoms with Gasteiger partial charge in [-0.15, -0.1) is 0 Å². The molecular weight excluding hydrogens is 406 g/mol. The average Bonchev–Trinajstić information content (AvgIpc) is 2.71. The third-order valence-electron chi connectivity index (χ3n) is 4.54. The summed E-state index contributed by atoms with van der Waals surface area (Å²) in [6, 6.07) is 19.9. The summed E-state index contributed by atoms with van der Waals surface area (Å²) in [4.78, 5) is 0. The first-order valence-corrected chi connectivity index (χ1v) is 9.18. The van der Waals surface area contributed by atoms with Crippen molar-refractivity contribution >= 4 is 0 Å². The van der Waals surface area contributed by atoms with Crippen molar-refractivity contribution in [2.45, 2.75) is 31.3 Å². The first-order chi connectivity index (χ1) is 14.1. The molecule has 3 aromatic rings. The Balaban J connectivity index is 1.75. The summed E-state index contributed by atoms with van der Waals surface area (Å²) in [6.07, 6.45) is -10.7. The van der Waals surface area contributed by atoms with E-state index in [2.05, 4.69) is 0 Å². The molecule has 1 atom stereocenters. The van der Waals surface area contributed by atoms with E-state index in [0.717, 1.165) is 12.1 Å². The summed E-state index contributed by atoms with van der Waals surface area (Å²) in [5.41, 5.74) is 1.16. The number of halogens is 6. The van der Waals surface area contributed by atoms with Crippen LogP contribution in [-0.2, 0) is 6.18 Å². The third kappa shape index (κ3) is 6.02. The minimum Gasteiger partial charge on any atom is -0.486 e. The highest BCUT2D eigenvalue weighted by atomic mass is 19.4. The molecule has 0 saturated carbocycles. The molecule has 30 heavy (non-hydrogen) atoms. The first-order valence-electron chi connectivity index (χ1n) is 9.18. The maximum absolute atomic E-state index is 12.7. The fourth-order valence-electron chi connectivity index (χ4n) is 3.00. The molecule has 0 spiro atoms. The van der Waals surface area contributed by atoms with Crippen LogP contribution in [0, 0.1) is 0 Å². The molecule has 158 valence electrons. The van der Waals surface area contributed by atoms with Gasteiger partial charge in [0.05, 0.1) is 5.56 Å². The van der Waals surface area contributed by atoms with E-state index in [1.54, 1.807) is 54.6 Å². The molecule has 1 unspecified atom stereocenters. The van der Waals surface area contributed by atoms with E-state index in [1.807, 2.05) is 0 Å². The first kappa shape index (κ1) is 21.7. The lowest BCUT2D eigenvalue weighted by Crippen LogP contribution is -2.14. The quantitative estimate of drug-likeness (QED) is 0.366. The lowest BCUT2D eigenvalue weighted by molar-refractivity contribution is -0.139. The maximum atomic E-state index is 12.7. The summed E-state index contributed by atoms with van der Waals surface area (Å²) in [6.45, 7) is 0. The van der Waals surface area contributed by atoms with E-state index >= 15 is 0 Å². The van der Waals surface area contributed by atoms with E-state index in [-0.39, 0.29) is 6.42 Å². The molecule has 0 saturated heterocycles. The van der Waals surface area contributed by atoms with Crippen LogP contribution in [0.3, 0.4) is 0 Å². The van der Waals surface area contributed by atoms with Gasteiger partial charge in [0, 0.05) is 6.42 Å². The van der Waals surface area contributed by atoms with Gasteiger partial charge in [-0.2, -0.15) is 26.3 Å². The molecule has 0 bridgehead atoms. The van der Waals surface area contributed by atoms with Crippen molar-refractivity contribution in [1.82, 2.24) is 0 Å². The van der Waals surface area contributed by atoms with E-state index in [1.165, 1.54) is 12.1 Å². The van der Waals surface area contributed by atoms with Gasteiger partial charge in [-0.1, -0.05) is 54.6 Å². The normalized spacial score (nSPS) is 13.1. The molecule has 0 aromatic heterocycles. The molecular formula is C23H18F6O. The number of alkyl halides is 6. The Hall–Kier alpha value is -2.96. The van der Waals surface area contributed by atoms with Crippen LogP contribution in [0.5, 0.6) is 5.75 Å². The van der Waals surface area contributed by atoms with Gasteiger partial charge >= 0.3 is 12.4 Å². The van der Waals surface area contributed by atoms with E-state index < -0.39 is 30.4 Å².